The Bertz CT molecular complexity index is 934. The van der Waals surface area contributed by atoms with Crippen molar-refractivity contribution in [3.8, 4) is 6.07 Å². The van der Waals surface area contributed by atoms with Crippen LogP contribution in [0, 0.1) is 23.2 Å². The van der Waals surface area contributed by atoms with Crippen molar-refractivity contribution in [1.82, 2.24) is 0 Å². The fraction of sp³-hybridized carbons (Fsp3) is 0.692. The molecular weight excluding hydrogens is 486 g/mol. The number of hydrogen-bond donors (Lipinski definition) is 0. The Kier molecular flexibility index (Phi) is 12.8. The first kappa shape index (κ1) is 31.6. The Morgan fingerprint density at radius 3 is 1.78 bits per heavy atom. The van der Waals surface area contributed by atoms with Gasteiger partial charge in [-0.1, -0.05) is 11.1 Å². The molecule has 0 spiro atoms. The molecule has 0 heterocycles. The van der Waals surface area contributed by atoms with Crippen LogP contribution in [0.4, 0.5) is 0 Å². The summed E-state index contributed by atoms with van der Waals surface area (Å²) in [5.41, 5.74) is 2.20. The number of ether oxygens (including phenoxy) is 5. The average molecular weight is 524 g/mol. The number of nitrogens with zero attached hydrogens (tertiary/aromatic N) is 1. The first-order chi connectivity index (χ1) is 17.3. The second-order valence-electron chi connectivity index (χ2n) is 9.26. The summed E-state index contributed by atoms with van der Waals surface area (Å²) >= 11 is 0. The number of allylic oxidation sites excluding steroid dienone is 2. The summed E-state index contributed by atoms with van der Waals surface area (Å²) in [4.78, 5) is 60.1. The van der Waals surface area contributed by atoms with Crippen molar-refractivity contribution in [3.05, 3.63) is 11.1 Å². The van der Waals surface area contributed by atoms with Crippen molar-refractivity contribution in [3.63, 3.8) is 0 Å². The molecule has 11 nitrogen and oxygen atoms in total. The van der Waals surface area contributed by atoms with Gasteiger partial charge in [-0.3, -0.25) is 24.0 Å². The maximum atomic E-state index is 12.3. The van der Waals surface area contributed by atoms with Gasteiger partial charge in [-0.2, -0.15) is 5.26 Å². The van der Waals surface area contributed by atoms with Crippen molar-refractivity contribution in [2.24, 2.45) is 11.8 Å². The van der Waals surface area contributed by atoms with Crippen LogP contribution >= 0.6 is 0 Å². The van der Waals surface area contributed by atoms with Crippen LogP contribution in [0.5, 0.6) is 0 Å². The van der Waals surface area contributed by atoms with Gasteiger partial charge in [0, 0.05) is 47.0 Å². The summed E-state index contributed by atoms with van der Waals surface area (Å²) in [7, 11) is 0. The zero-order valence-corrected chi connectivity index (χ0v) is 22.5. The minimum atomic E-state index is -1.47. The lowest BCUT2D eigenvalue weighted by Crippen LogP contribution is -2.56. The van der Waals surface area contributed by atoms with E-state index in [4.69, 9.17) is 23.7 Å². The fourth-order valence-corrected chi connectivity index (χ4v) is 4.62. The summed E-state index contributed by atoms with van der Waals surface area (Å²) in [5, 5.41) is 9.20. The molecule has 1 rings (SSSR count). The molecule has 0 N–H and O–H groups in total. The van der Waals surface area contributed by atoms with Crippen molar-refractivity contribution in [2.75, 3.05) is 6.61 Å². The molecule has 11 heteroatoms. The topological polar surface area (TPSA) is 155 Å². The van der Waals surface area contributed by atoms with Crippen LogP contribution in [0.25, 0.3) is 0 Å². The molecule has 37 heavy (non-hydrogen) atoms. The lowest BCUT2D eigenvalue weighted by molar-refractivity contribution is -0.208. The van der Waals surface area contributed by atoms with Crippen LogP contribution in [0.2, 0.25) is 0 Å². The monoisotopic (exact) mass is 523 g/mol. The predicted octanol–water partition coefficient (Wildman–Crippen LogP) is 2.94. The highest BCUT2D eigenvalue weighted by Gasteiger charge is 2.49. The molecule has 206 valence electrons. The second-order valence-corrected chi connectivity index (χ2v) is 9.26. The van der Waals surface area contributed by atoms with Crippen LogP contribution in [0.15, 0.2) is 11.1 Å². The van der Waals surface area contributed by atoms with Gasteiger partial charge in [0.25, 0.3) is 0 Å². The highest BCUT2D eigenvalue weighted by Crippen LogP contribution is 2.41. The summed E-state index contributed by atoms with van der Waals surface area (Å²) in [6, 6.07) is 2.13. The number of carbonyl (C=O) groups excluding carboxylic acids is 5. The van der Waals surface area contributed by atoms with Crippen LogP contribution in [0.1, 0.15) is 74.1 Å². The van der Waals surface area contributed by atoms with Gasteiger partial charge >= 0.3 is 29.8 Å². The smallest absolute Gasteiger partial charge is 0.303 e. The standard InChI is InChI=1S/C26H37NO10/c1-14-11-21(9-8-10-27)22(12-15(14)2)24(35-18(5)30)26(37-20(7)32)25(36-19(6)31)23(34-17(4)29)13-33-16(3)28/h21-26H,8-9,11-13H2,1-7H3/t21-,22+,23+,24+,25+,26+/m0/s1. The van der Waals surface area contributed by atoms with Crippen molar-refractivity contribution in [1.29, 1.82) is 5.26 Å². The van der Waals surface area contributed by atoms with Crippen LogP contribution < -0.4 is 0 Å². The zero-order valence-electron chi connectivity index (χ0n) is 22.5. The van der Waals surface area contributed by atoms with E-state index in [2.05, 4.69) is 6.07 Å². The van der Waals surface area contributed by atoms with Crippen molar-refractivity contribution < 1.29 is 47.7 Å². The molecule has 0 aliphatic heterocycles. The third-order valence-electron chi connectivity index (χ3n) is 6.18. The Labute approximate surface area is 217 Å². The Morgan fingerprint density at radius 2 is 1.30 bits per heavy atom. The molecule has 0 unspecified atom stereocenters. The van der Waals surface area contributed by atoms with Crippen LogP contribution in [-0.4, -0.2) is 60.9 Å². The fourth-order valence-electron chi connectivity index (χ4n) is 4.62. The van der Waals surface area contributed by atoms with E-state index in [0.29, 0.717) is 19.3 Å². The van der Waals surface area contributed by atoms with Gasteiger partial charge in [0.15, 0.2) is 18.3 Å². The Hall–Kier alpha value is -3.42. The molecule has 0 aromatic rings. The first-order valence-corrected chi connectivity index (χ1v) is 12.1. The molecule has 0 radical (unpaired) electrons. The SMILES string of the molecule is CC(=O)OC[C@@H](OC(C)=O)[C@@H](OC(C)=O)[C@H](OC(C)=O)[C@H](OC(C)=O)[C@@H]1CC(C)=C(C)C[C@@H]1CCC#N. The maximum absolute atomic E-state index is 12.3. The van der Waals surface area contributed by atoms with Gasteiger partial charge in [-0.25, -0.2) is 0 Å². The molecule has 0 aromatic heterocycles. The molecule has 1 aliphatic rings. The van der Waals surface area contributed by atoms with Crippen molar-refractivity contribution in [2.45, 2.75) is 98.6 Å². The van der Waals surface area contributed by atoms with Gasteiger partial charge in [-0.05, 0) is 39.0 Å². The molecule has 6 atom stereocenters. The summed E-state index contributed by atoms with van der Waals surface area (Å²) in [6.45, 7) is 9.15. The highest BCUT2D eigenvalue weighted by molar-refractivity contribution is 5.69. The van der Waals surface area contributed by atoms with E-state index in [1.54, 1.807) is 0 Å². The van der Waals surface area contributed by atoms with Crippen LogP contribution in [-0.2, 0) is 47.7 Å². The number of esters is 5. The Balaban J connectivity index is 3.70. The van der Waals surface area contributed by atoms with Crippen molar-refractivity contribution >= 4 is 29.8 Å². The minimum absolute atomic E-state index is 0.121. The third-order valence-corrected chi connectivity index (χ3v) is 6.18. The van der Waals surface area contributed by atoms with Crippen LogP contribution in [0.3, 0.4) is 0 Å². The van der Waals surface area contributed by atoms with E-state index in [1.165, 1.54) is 6.92 Å². The second kappa shape index (κ2) is 15.0. The van der Waals surface area contributed by atoms with E-state index >= 15 is 0 Å². The van der Waals surface area contributed by atoms with Gasteiger partial charge in [0.05, 0.1) is 6.07 Å². The largest absolute Gasteiger partial charge is 0.462 e. The van der Waals surface area contributed by atoms with E-state index < -0.39 is 66.8 Å². The first-order valence-electron chi connectivity index (χ1n) is 12.1. The normalized spacial score (nSPS) is 20.4. The van der Waals surface area contributed by atoms with E-state index in [1.807, 2.05) is 13.8 Å². The third kappa shape index (κ3) is 10.6. The highest BCUT2D eigenvalue weighted by atomic mass is 16.6. The Morgan fingerprint density at radius 1 is 0.784 bits per heavy atom. The quantitative estimate of drug-likeness (QED) is 0.210. The van der Waals surface area contributed by atoms with Gasteiger partial charge < -0.3 is 23.7 Å². The number of hydrogen-bond acceptors (Lipinski definition) is 11. The molecule has 1 aliphatic carbocycles. The molecule has 0 bridgehead atoms. The maximum Gasteiger partial charge on any atom is 0.303 e. The van der Waals surface area contributed by atoms with E-state index in [0.717, 1.165) is 38.8 Å². The summed E-state index contributed by atoms with van der Waals surface area (Å²) in [5.74, 6) is -4.21. The molecule has 0 fully saturated rings. The lowest BCUT2D eigenvalue weighted by Gasteiger charge is -2.42. The minimum Gasteiger partial charge on any atom is -0.462 e. The number of carbonyl (C=O) groups is 5. The number of rotatable bonds is 12. The zero-order chi connectivity index (χ0) is 28.3. The van der Waals surface area contributed by atoms with Gasteiger partial charge in [0.1, 0.15) is 12.7 Å². The predicted molar refractivity (Wildman–Crippen MR) is 128 cm³/mol. The van der Waals surface area contributed by atoms with E-state index in [-0.39, 0.29) is 12.3 Å². The average Bonchev–Trinajstić information content (AvgIpc) is 2.77. The van der Waals surface area contributed by atoms with Gasteiger partial charge in [-0.15, -0.1) is 0 Å². The van der Waals surface area contributed by atoms with E-state index in [9.17, 15) is 29.2 Å². The lowest BCUT2D eigenvalue weighted by atomic mass is 9.70. The molecule has 0 aromatic carbocycles. The molecule has 0 saturated heterocycles. The molecular formula is C26H37NO10. The summed E-state index contributed by atoms with van der Waals surface area (Å²) in [6.07, 6.45) is -3.54. The molecule has 0 saturated carbocycles. The molecule has 0 amide bonds. The van der Waals surface area contributed by atoms with Gasteiger partial charge in [0.2, 0.25) is 0 Å². The number of nitriles is 1. The summed E-state index contributed by atoms with van der Waals surface area (Å²) < 4.78 is 27.2.